The van der Waals surface area contributed by atoms with Gasteiger partial charge < -0.3 is 5.32 Å². The van der Waals surface area contributed by atoms with Gasteiger partial charge in [-0.1, -0.05) is 12.1 Å². The third-order valence-corrected chi connectivity index (χ3v) is 4.62. The molecule has 3 aromatic rings. The molecule has 0 aliphatic heterocycles. The monoisotopic (exact) mass is 459 g/mol. The predicted octanol–water partition coefficient (Wildman–Crippen LogP) is 3.86. The van der Waals surface area contributed by atoms with E-state index in [1.54, 1.807) is 6.07 Å². The molecule has 0 bridgehead atoms. The fourth-order valence-electron chi connectivity index (χ4n) is 3.17. The van der Waals surface area contributed by atoms with Crippen LogP contribution in [-0.2, 0) is 30.2 Å². The van der Waals surface area contributed by atoms with Crippen molar-refractivity contribution in [2.45, 2.75) is 32.4 Å². The third kappa shape index (κ3) is 4.53. The molecular weight excluding hydrogens is 444 g/mol. The third-order valence-electron chi connectivity index (χ3n) is 4.62. The molecule has 0 atom stereocenters. The Balaban J connectivity index is 2.03. The molecule has 1 N–H and O–H groups in total. The number of benzene rings is 2. The number of aromatic nitrogens is 2. The maximum Gasteiger partial charge on any atom is 0.416 e. The number of nitrogens with one attached hydrogen (secondary N) is 1. The second kappa shape index (κ2) is 8.17. The Labute approximate surface area is 175 Å². The smallest absolute Gasteiger partial charge is 0.325 e. The highest BCUT2D eigenvalue weighted by atomic mass is 19.4. The largest absolute Gasteiger partial charge is 0.416 e. The van der Waals surface area contributed by atoms with Crippen molar-refractivity contribution in [2.24, 2.45) is 0 Å². The molecule has 3 rings (SSSR count). The Morgan fingerprint density at radius 1 is 0.906 bits per heavy atom. The highest BCUT2D eigenvalue weighted by Crippen LogP contribution is 2.37. The van der Waals surface area contributed by atoms with E-state index in [0.717, 1.165) is 9.13 Å². The number of para-hydroxylation sites is 1. The Kier molecular flexibility index (Phi) is 5.90. The van der Waals surface area contributed by atoms with Crippen LogP contribution in [0, 0.1) is 0 Å². The SMILES string of the molecule is CCn1c(=O)c2ccccc2n(CC(=O)Nc2cc(C(F)(F)F)cc(C(F)(F)F)c2)c1=O. The average Bonchev–Trinajstić information content (AvgIpc) is 2.70. The zero-order valence-corrected chi connectivity index (χ0v) is 16.3. The zero-order chi connectivity index (χ0) is 23.8. The Morgan fingerprint density at radius 2 is 1.47 bits per heavy atom. The van der Waals surface area contributed by atoms with Crippen molar-refractivity contribution in [1.82, 2.24) is 9.13 Å². The summed E-state index contributed by atoms with van der Waals surface area (Å²) in [5.41, 5.74) is -5.25. The van der Waals surface area contributed by atoms with E-state index in [9.17, 15) is 40.7 Å². The van der Waals surface area contributed by atoms with Crippen LogP contribution in [0.25, 0.3) is 10.9 Å². The van der Waals surface area contributed by atoms with Crippen molar-refractivity contribution >= 4 is 22.5 Å². The van der Waals surface area contributed by atoms with Crippen molar-refractivity contribution in [3.63, 3.8) is 0 Å². The maximum absolute atomic E-state index is 13.0. The quantitative estimate of drug-likeness (QED) is 0.603. The number of anilines is 1. The first kappa shape index (κ1) is 23.1. The topological polar surface area (TPSA) is 73.1 Å². The van der Waals surface area contributed by atoms with Crippen LogP contribution in [-0.4, -0.2) is 15.0 Å². The van der Waals surface area contributed by atoms with E-state index in [1.165, 1.54) is 25.1 Å². The van der Waals surface area contributed by atoms with E-state index < -0.39 is 52.9 Å². The van der Waals surface area contributed by atoms with Crippen molar-refractivity contribution in [2.75, 3.05) is 5.32 Å². The summed E-state index contributed by atoms with van der Waals surface area (Å²) in [5, 5.41) is 2.10. The summed E-state index contributed by atoms with van der Waals surface area (Å²) >= 11 is 0. The molecule has 0 aliphatic carbocycles. The number of fused-ring (bicyclic) bond motifs is 1. The fourth-order valence-corrected chi connectivity index (χ4v) is 3.17. The molecule has 0 fully saturated rings. The summed E-state index contributed by atoms with van der Waals surface area (Å²) < 4.78 is 79.9. The van der Waals surface area contributed by atoms with Crippen LogP contribution in [0.5, 0.6) is 0 Å². The van der Waals surface area contributed by atoms with Gasteiger partial charge in [-0.3, -0.25) is 18.7 Å². The molecule has 0 radical (unpaired) electrons. The lowest BCUT2D eigenvalue weighted by atomic mass is 10.1. The van der Waals surface area contributed by atoms with Gasteiger partial charge in [-0.15, -0.1) is 0 Å². The van der Waals surface area contributed by atoms with Crippen LogP contribution >= 0.6 is 0 Å². The number of halogens is 6. The summed E-state index contributed by atoms with van der Waals surface area (Å²) in [7, 11) is 0. The lowest BCUT2D eigenvalue weighted by molar-refractivity contribution is -0.143. The van der Waals surface area contributed by atoms with Crippen LogP contribution in [0.15, 0.2) is 52.1 Å². The Bertz CT molecular complexity index is 1270. The lowest BCUT2D eigenvalue weighted by Gasteiger charge is -2.16. The van der Waals surface area contributed by atoms with Gasteiger partial charge in [0.2, 0.25) is 5.91 Å². The highest BCUT2D eigenvalue weighted by molar-refractivity contribution is 5.92. The summed E-state index contributed by atoms with van der Waals surface area (Å²) in [4.78, 5) is 37.5. The number of nitrogens with zero attached hydrogens (tertiary/aromatic N) is 2. The van der Waals surface area contributed by atoms with Crippen LogP contribution in [0.4, 0.5) is 32.0 Å². The minimum absolute atomic E-state index is 0.00725. The van der Waals surface area contributed by atoms with Gasteiger partial charge >= 0.3 is 18.0 Å². The normalized spacial score (nSPS) is 12.2. The fraction of sp³-hybridized carbons (Fsp3) is 0.250. The van der Waals surface area contributed by atoms with Gasteiger partial charge in [0.15, 0.2) is 0 Å². The number of amides is 1. The minimum atomic E-state index is -5.08. The average molecular weight is 459 g/mol. The summed E-state index contributed by atoms with van der Waals surface area (Å²) in [6.07, 6.45) is -10.2. The van der Waals surface area contributed by atoms with Crippen LogP contribution in [0.3, 0.4) is 0 Å². The first-order valence-corrected chi connectivity index (χ1v) is 9.14. The van der Waals surface area contributed by atoms with Crippen LogP contribution in [0.2, 0.25) is 0 Å². The lowest BCUT2D eigenvalue weighted by Crippen LogP contribution is -2.41. The molecular formula is C20H15F6N3O3. The van der Waals surface area contributed by atoms with Crippen LogP contribution in [0.1, 0.15) is 18.1 Å². The van der Waals surface area contributed by atoms with Gasteiger partial charge in [0, 0.05) is 12.2 Å². The van der Waals surface area contributed by atoms with Crippen molar-refractivity contribution in [3.05, 3.63) is 74.4 Å². The molecule has 170 valence electrons. The summed E-state index contributed by atoms with van der Waals surface area (Å²) in [5.74, 6) is -1.05. The zero-order valence-electron chi connectivity index (χ0n) is 16.3. The van der Waals surface area contributed by atoms with Gasteiger partial charge in [0.1, 0.15) is 6.54 Å². The molecule has 6 nitrogen and oxygen atoms in total. The Hall–Kier alpha value is -3.57. The molecule has 32 heavy (non-hydrogen) atoms. The molecule has 1 amide bonds. The molecule has 0 aliphatic rings. The minimum Gasteiger partial charge on any atom is -0.325 e. The number of hydrogen-bond acceptors (Lipinski definition) is 3. The predicted molar refractivity (Wildman–Crippen MR) is 103 cm³/mol. The number of hydrogen-bond donors (Lipinski definition) is 1. The molecule has 1 aromatic heterocycles. The molecule has 0 unspecified atom stereocenters. The second-order valence-electron chi connectivity index (χ2n) is 6.78. The van der Waals surface area contributed by atoms with E-state index in [-0.39, 0.29) is 23.5 Å². The summed E-state index contributed by atoms with van der Waals surface area (Å²) in [6, 6.07) is 6.54. The molecule has 0 saturated heterocycles. The van der Waals surface area contributed by atoms with Crippen molar-refractivity contribution < 1.29 is 31.1 Å². The second-order valence-corrected chi connectivity index (χ2v) is 6.78. The van der Waals surface area contributed by atoms with Gasteiger partial charge in [0.25, 0.3) is 5.56 Å². The number of alkyl halides is 6. The first-order chi connectivity index (χ1) is 14.8. The number of rotatable bonds is 4. The number of carbonyl (C=O) groups excluding carboxylic acids is 1. The molecule has 0 saturated carbocycles. The molecule has 12 heteroatoms. The van der Waals surface area contributed by atoms with Gasteiger partial charge in [-0.2, -0.15) is 26.3 Å². The van der Waals surface area contributed by atoms with Gasteiger partial charge in [0.05, 0.1) is 22.0 Å². The number of carbonyl (C=O) groups is 1. The van der Waals surface area contributed by atoms with Crippen molar-refractivity contribution in [3.8, 4) is 0 Å². The van der Waals surface area contributed by atoms with Gasteiger partial charge in [-0.05, 0) is 37.3 Å². The standard InChI is InChI=1S/C20H15F6N3O3/c1-2-28-17(31)14-5-3-4-6-15(14)29(18(28)32)10-16(30)27-13-8-11(19(21,22)23)7-12(9-13)20(24,25)26/h3-9H,2,10H2,1H3,(H,27,30). The highest BCUT2D eigenvalue weighted by Gasteiger charge is 2.37. The molecule has 2 aromatic carbocycles. The van der Waals surface area contributed by atoms with Gasteiger partial charge in [-0.25, -0.2) is 4.79 Å². The van der Waals surface area contributed by atoms with Crippen LogP contribution < -0.4 is 16.6 Å². The summed E-state index contributed by atoms with van der Waals surface area (Å²) in [6.45, 7) is 0.785. The maximum atomic E-state index is 13.0. The van der Waals surface area contributed by atoms with E-state index in [2.05, 4.69) is 0 Å². The molecule has 1 heterocycles. The Morgan fingerprint density at radius 3 is 2.00 bits per heavy atom. The van der Waals surface area contributed by atoms with E-state index in [0.29, 0.717) is 12.1 Å². The first-order valence-electron chi connectivity index (χ1n) is 9.14. The van der Waals surface area contributed by atoms with Crippen molar-refractivity contribution in [1.29, 1.82) is 0 Å². The van der Waals surface area contributed by atoms with E-state index >= 15 is 0 Å². The van der Waals surface area contributed by atoms with E-state index in [4.69, 9.17) is 0 Å². The molecule has 0 spiro atoms. The van der Waals surface area contributed by atoms with E-state index in [1.807, 2.05) is 5.32 Å².